The van der Waals surface area contributed by atoms with Crippen LogP contribution in [0.5, 0.6) is 0 Å². The van der Waals surface area contributed by atoms with Crippen molar-refractivity contribution in [1.29, 1.82) is 0 Å². The number of rotatable bonds is 7. The molecule has 0 aliphatic heterocycles. The maximum atomic E-state index is 11.5. The van der Waals surface area contributed by atoms with Gasteiger partial charge in [0.25, 0.3) is 5.69 Å². The second-order valence-electron chi connectivity index (χ2n) is 5.03. The molecule has 1 fully saturated rings. The molecule has 2 rings (SSSR count). The lowest BCUT2D eigenvalue weighted by Gasteiger charge is -2.03. The zero-order chi connectivity index (χ0) is 15.9. The van der Waals surface area contributed by atoms with E-state index in [1.165, 1.54) is 36.4 Å². The van der Waals surface area contributed by atoms with Gasteiger partial charge < -0.3 is 10.1 Å². The molecule has 1 N–H and O–H groups in total. The van der Waals surface area contributed by atoms with E-state index in [4.69, 9.17) is 4.74 Å². The van der Waals surface area contributed by atoms with Gasteiger partial charge in [-0.25, -0.2) is 0 Å². The third kappa shape index (κ3) is 5.35. The molecule has 7 nitrogen and oxygen atoms in total. The fraction of sp³-hybridized carbons (Fsp3) is 0.333. The van der Waals surface area contributed by atoms with Crippen LogP contribution in [0.1, 0.15) is 18.4 Å². The highest BCUT2D eigenvalue weighted by Gasteiger charge is 2.22. The molecule has 116 valence electrons. The van der Waals surface area contributed by atoms with Crippen LogP contribution < -0.4 is 5.32 Å². The molecule has 0 heterocycles. The largest absolute Gasteiger partial charge is 0.464 e. The van der Waals surface area contributed by atoms with Crippen molar-refractivity contribution in [1.82, 2.24) is 5.32 Å². The molecule has 1 aliphatic carbocycles. The number of carbonyl (C=O) groups excluding carboxylic acids is 2. The summed E-state index contributed by atoms with van der Waals surface area (Å²) in [6, 6.07) is 5.78. The van der Waals surface area contributed by atoms with E-state index in [2.05, 4.69) is 5.32 Å². The molecular weight excluding hydrogens is 288 g/mol. The van der Waals surface area contributed by atoms with Crippen LogP contribution in [0.4, 0.5) is 5.69 Å². The molecule has 1 aromatic rings. The number of carbonyl (C=O) groups is 2. The van der Waals surface area contributed by atoms with Crippen molar-refractivity contribution in [2.75, 3.05) is 13.2 Å². The summed E-state index contributed by atoms with van der Waals surface area (Å²) >= 11 is 0. The van der Waals surface area contributed by atoms with E-state index in [0.717, 1.165) is 12.8 Å². The first-order valence-electron chi connectivity index (χ1n) is 6.90. The summed E-state index contributed by atoms with van der Waals surface area (Å²) in [7, 11) is 0. The van der Waals surface area contributed by atoms with Gasteiger partial charge in [-0.2, -0.15) is 0 Å². The summed E-state index contributed by atoms with van der Waals surface area (Å²) in [5, 5.41) is 12.9. The van der Waals surface area contributed by atoms with E-state index in [9.17, 15) is 19.7 Å². The van der Waals surface area contributed by atoms with Crippen molar-refractivity contribution in [3.05, 3.63) is 46.0 Å². The van der Waals surface area contributed by atoms with Crippen molar-refractivity contribution in [2.45, 2.75) is 12.8 Å². The summed E-state index contributed by atoms with van der Waals surface area (Å²) in [4.78, 5) is 32.9. The Balaban J connectivity index is 1.73. The number of nitro groups is 1. The van der Waals surface area contributed by atoms with Gasteiger partial charge in [-0.05, 0) is 42.5 Å². The Morgan fingerprint density at radius 1 is 1.32 bits per heavy atom. The zero-order valence-corrected chi connectivity index (χ0v) is 11.9. The van der Waals surface area contributed by atoms with Crippen LogP contribution in [0, 0.1) is 16.0 Å². The molecule has 22 heavy (non-hydrogen) atoms. The van der Waals surface area contributed by atoms with E-state index < -0.39 is 16.8 Å². The number of esters is 1. The molecule has 0 unspecified atom stereocenters. The van der Waals surface area contributed by atoms with E-state index >= 15 is 0 Å². The number of amides is 1. The zero-order valence-electron chi connectivity index (χ0n) is 11.9. The minimum atomic E-state index is -0.493. The Bertz CT molecular complexity index is 590. The summed E-state index contributed by atoms with van der Waals surface area (Å²) in [6.07, 6.45) is 4.96. The first kappa shape index (κ1) is 15.7. The number of ether oxygens (including phenoxy) is 1. The Labute approximate surface area is 127 Å². The quantitative estimate of drug-likeness (QED) is 0.357. The number of nitrogens with zero attached hydrogens (tertiary/aromatic N) is 1. The monoisotopic (exact) mass is 304 g/mol. The summed E-state index contributed by atoms with van der Waals surface area (Å²) in [6.45, 7) is 0.253. The van der Waals surface area contributed by atoms with Gasteiger partial charge in [-0.1, -0.05) is 0 Å². The SMILES string of the molecule is O=C(/C=C/c1ccc([N+](=O)[O-])cc1)NCC(=O)OCC1CC1. The highest BCUT2D eigenvalue weighted by Crippen LogP contribution is 2.28. The predicted octanol–water partition coefficient (Wildman–Crippen LogP) is 1.68. The molecule has 1 aliphatic rings. The standard InChI is InChI=1S/C15H16N2O5/c18-14(16-9-15(19)22-10-12-1-2-12)8-5-11-3-6-13(7-4-11)17(20)21/h3-8,12H,1-2,9-10H2,(H,16,18)/b8-5+. The normalized spacial score (nSPS) is 13.8. The van der Waals surface area contributed by atoms with E-state index in [-0.39, 0.29) is 12.2 Å². The van der Waals surface area contributed by atoms with Crippen LogP contribution in [0.15, 0.2) is 30.3 Å². The lowest BCUT2D eigenvalue weighted by atomic mass is 10.2. The van der Waals surface area contributed by atoms with E-state index in [1.54, 1.807) is 0 Å². The van der Waals surface area contributed by atoms with Gasteiger partial charge in [0, 0.05) is 18.2 Å². The fourth-order valence-corrected chi connectivity index (χ4v) is 1.64. The Kier molecular flexibility index (Phi) is 5.24. The highest BCUT2D eigenvalue weighted by molar-refractivity contribution is 5.93. The van der Waals surface area contributed by atoms with E-state index in [0.29, 0.717) is 18.1 Å². The van der Waals surface area contributed by atoms with Gasteiger partial charge in [-0.15, -0.1) is 0 Å². The smallest absolute Gasteiger partial charge is 0.325 e. The van der Waals surface area contributed by atoms with Crippen LogP contribution in [0.3, 0.4) is 0 Å². The molecular formula is C15H16N2O5. The van der Waals surface area contributed by atoms with Crippen molar-refractivity contribution in [3.8, 4) is 0 Å². The minimum Gasteiger partial charge on any atom is -0.464 e. The van der Waals surface area contributed by atoms with Crippen LogP contribution in [-0.2, 0) is 14.3 Å². The first-order chi connectivity index (χ1) is 10.5. The van der Waals surface area contributed by atoms with Gasteiger partial charge >= 0.3 is 5.97 Å². The van der Waals surface area contributed by atoms with Crippen molar-refractivity contribution < 1.29 is 19.2 Å². The second kappa shape index (κ2) is 7.35. The molecule has 1 saturated carbocycles. The van der Waals surface area contributed by atoms with Crippen molar-refractivity contribution in [2.24, 2.45) is 5.92 Å². The van der Waals surface area contributed by atoms with Gasteiger partial charge in [-0.3, -0.25) is 19.7 Å². The van der Waals surface area contributed by atoms with Gasteiger partial charge in [0.2, 0.25) is 5.91 Å². The number of hydrogen-bond donors (Lipinski definition) is 1. The Morgan fingerprint density at radius 2 is 2.00 bits per heavy atom. The van der Waals surface area contributed by atoms with Crippen molar-refractivity contribution >= 4 is 23.6 Å². The average molecular weight is 304 g/mol. The number of nitro benzene ring substituents is 1. The van der Waals surface area contributed by atoms with Crippen LogP contribution in [0.2, 0.25) is 0 Å². The Hall–Kier alpha value is -2.70. The fourth-order valence-electron chi connectivity index (χ4n) is 1.64. The molecule has 0 aromatic heterocycles. The predicted molar refractivity (Wildman–Crippen MR) is 78.8 cm³/mol. The Morgan fingerprint density at radius 3 is 2.59 bits per heavy atom. The van der Waals surface area contributed by atoms with Crippen LogP contribution >= 0.6 is 0 Å². The summed E-state index contributed by atoms with van der Waals surface area (Å²) < 4.78 is 4.97. The number of non-ortho nitro benzene ring substituents is 1. The average Bonchev–Trinajstić information content (AvgIpc) is 3.33. The third-order valence-electron chi connectivity index (χ3n) is 3.11. The van der Waals surface area contributed by atoms with Gasteiger partial charge in [0.1, 0.15) is 6.54 Å². The lowest BCUT2D eigenvalue weighted by Crippen LogP contribution is -2.29. The van der Waals surface area contributed by atoms with Crippen LogP contribution in [0.25, 0.3) is 6.08 Å². The topological polar surface area (TPSA) is 98.5 Å². The number of nitrogens with one attached hydrogen (secondary N) is 1. The summed E-state index contributed by atoms with van der Waals surface area (Å²) in [5.74, 6) is -0.396. The van der Waals surface area contributed by atoms with Gasteiger partial charge in [0.05, 0.1) is 11.5 Å². The van der Waals surface area contributed by atoms with E-state index in [1.807, 2.05) is 0 Å². The summed E-state index contributed by atoms with van der Waals surface area (Å²) in [5.41, 5.74) is 0.636. The number of hydrogen-bond acceptors (Lipinski definition) is 5. The first-order valence-corrected chi connectivity index (χ1v) is 6.90. The molecule has 0 bridgehead atoms. The third-order valence-corrected chi connectivity index (χ3v) is 3.11. The van der Waals surface area contributed by atoms with Crippen molar-refractivity contribution in [3.63, 3.8) is 0 Å². The maximum Gasteiger partial charge on any atom is 0.325 e. The lowest BCUT2D eigenvalue weighted by molar-refractivity contribution is -0.384. The molecule has 1 aromatic carbocycles. The number of benzene rings is 1. The molecule has 1 amide bonds. The minimum absolute atomic E-state index is 0.0139. The molecule has 0 atom stereocenters. The maximum absolute atomic E-state index is 11.5. The molecule has 0 radical (unpaired) electrons. The second-order valence-corrected chi connectivity index (χ2v) is 5.03. The molecule has 0 spiro atoms. The van der Waals surface area contributed by atoms with Gasteiger partial charge in [0.15, 0.2) is 0 Å². The molecule has 0 saturated heterocycles. The highest BCUT2D eigenvalue weighted by atomic mass is 16.6. The van der Waals surface area contributed by atoms with Crippen LogP contribution in [-0.4, -0.2) is 30.0 Å². The molecule has 7 heteroatoms.